The Labute approximate surface area is 242 Å². The summed E-state index contributed by atoms with van der Waals surface area (Å²) in [6.07, 6.45) is 4.45. The maximum atomic E-state index is 13.3. The quantitative estimate of drug-likeness (QED) is 0.388. The Hall–Kier alpha value is -4.02. The number of ether oxygens (including phenoxy) is 1. The van der Waals surface area contributed by atoms with Gasteiger partial charge in [-0.05, 0) is 55.0 Å². The van der Waals surface area contributed by atoms with E-state index in [0.717, 1.165) is 35.2 Å². The molecule has 6 rings (SSSR count). The van der Waals surface area contributed by atoms with E-state index >= 15 is 0 Å². The van der Waals surface area contributed by atoms with E-state index in [1.54, 1.807) is 17.2 Å². The highest BCUT2D eigenvalue weighted by Crippen LogP contribution is 2.32. The summed E-state index contributed by atoms with van der Waals surface area (Å²) >= 11 is 6.46. The van der Waals surface area contributed by atoms with Gasteiger partial charge in [-0.3, -0.25) is 14.4 Å². The molecule has 1 saturated heterocycles. The molecule has 0 radical (unpaired) electrons. The fourth-order valence-corrected chi connectivity index (χ4v) is 5.72. The average molecular weight is 575 g/mol. The number of rotatable bonds is 7. The molecule has 41 heavy (non-hydrogen) atoms. The van der Waals surface area contributed by atoms with Crippen molar-refractivity contribution in [3.8, 4) is 11.3 Å². The molecule has 4 heterocycles. The van der Waals surface area contributed by atoms with Crippen molar-refractivity contribution in [1.29, 1.82) is 0 Å². The first-order valence-electron chi connectivity index (χ1n) is 13.9. The van der Waals surface area contributed by atoms with E-state index in [0.29, 0.717) is 60.4 Å². The number of halogens is 1. The zero-order valence-electron chi connectivity index (χ0n) is 22.7. The molecule has 10 nitrogen and oxygen atoms in total. The molecule has 1 fully saturated rings. The summed E-state index contributed by atoms with van der Waals surface area (Å²) in [5, 5.41) is 9.62. The molecule has 11 heteroatoms. The molecule has 3 aromatic rings. The van der Waals surface area contributed by atoms with Gasteiger partial charge in [0.05, 0.1) is 23.0 Å². The molecule has 3 aliphatic rings. The van der Waals surface area contributed by atoms with Crippen LogP contribution < -0.4 is 16.0 Å². The summed E-state index contributed by atoms with van der Waals surface area (Å²) in [7, 11) is 0. The van der Waals surface area contributed by atoms with E-state index in [2.05, 4.69) is 25.9 Å². The van der Waals surface area contributed by atoms with Crippen LogP contribution in [0.3, 0.4) is 0 Å². The zero-order valence-corrected chi connectivity index (χ0v) is 23.5. The molecule has 0 bridgehead atoms. The number of hydrogen-bond donors (Lipinski definition) is 3. The number of nitrogens with zero attached hydrogens (tertiary/aromatic N) is 3. The summed E-state index contributed by atoms with van der Waals surface area (Å²) < 4.78 is 5.42. The average Bonchev–Trinajstić information content (AvgIpc) is 3.28. The van der Waals surface area contributed by atoms with Crippen LogP contribution in [0.1, 0.15) is 59.3 Å². The molecule has 1 unspecified atom stereocenters. The minimum absolute atomic E-state index is 0.0162. The zero-order chi connectivity index (χ0) is 28.5. The Bertz CT molecular complexity index is 1520. The fraction of sp³-hybridized carbons (Fsp3) is 0.367. The second-order valence-corrected chi connectivity index (χ2v) is 11.1. The Kier molecular flexibility index (Phi) is 7.59. The van der Waals surface area contributed by atoms with Crippen molar-refractivity contribution in [3.05, 3.63) is 69.9 Å². The standard InChI is InChI=1S/C30H31ClN6O4/c1-17(18-4-6-25-19(12-18)5-7-26(38)35-25)33-27(39)16-37-15-21-3-2-20(13-23(21)29(37)40)28-24(31)14-32-30(36-28)34-22-8-10-41-11-9-22/h2-4,6,12-14,17,22H,5,7-11,15-16H2,1H3,(H,33,39)(H,35,38)(H,32,34,36). The molecule has 3 amide bonds. The number of fused-ring (bicyclic) bond motifs is 2. The van der Waals surface area contributed by atoms with Gasteiger partial charge >= 0.3 is 0 Å². The molecular formula is C30H31ClN6O4. The number of carbonyl (C=O) groups is 3. The van der Waals surface area contributed by atoms with Crippen LogP contribution in [0.4, 0.5) is 11.6 Å². The molecule has 2 aromatic carbocycles. The third-order valence-corrected chi connectivity index (χ3v) is 8.07. The van der Waals surface area contributed by atoms with Gasteiger partial charge in [0.15, 0.2) is 0 Å². The maximum absolute atomic E-state index is 13.3. The third kappa shape index (κ3) is 5.89. The normalized spacial score (nSPS) is 17.5. The molecule has 1 atom stereocenters. The first kappa shape index (κ1) is 27.2. The minimum Gasteiger partial charge on any atom is -0.381 e. The van der Waals surface area contributed by atoms with Crippen molar-refractivity contribution in [2.45, 2.75) is 51.2 Å². The molecule has 0 spiro atoms. The Morgan fingerprint density at radius 1 is 1.15 bits per heavy atom. The monoisotopic (exact) mass is 574 g/mol. The number of aryl methyl sites for hydroxylation is 1. The van der Waals surface area contributed by atoms with E-state index in [1.807, 2.05) is 37.3 Å². The number of benzene rings is 2. The lowest BCUT2D eigenvalue weighted by molar-refractivity contribution is -0.122. The van der Waals surface area contributed by atoms with Gasteiger partial charge in [0, 0.05) is 49.0 Å². The van der Waals surface area contributed by atoms with Crippen LogP contribution in [0, 0.1) is 0 Å². The van der Waals surface area contributed by atoms with Gasteiger partial charge in [-0.2, -0.15) is 0 Å². The Morgan fingerprint density at radius 3 is 2.80 bits per heavy atom. The Morgan fingerprint density at radius 2 is 1.98 bits per heavy atom. The van der Waals surface area contributed by atoms with Crippen LogP contribution in [0.25, 0.3) is 11.3 Å². The van der Waals surface area contributed by atoms with E-state index in [4.69, 9.17) is 16.3 Å². The van der Waals surface area contributed by atoms with Crippen molar-refractivity contribution in [1.82, 2.24) is 20.2 Å². The summed E-state index contributed by atoms with van der Waals surface area (Å²) in [5.41, 5.74) is 5.46. The highest BCUT2D eigenvalue weighted by atomic mass is 35.5. The topological polar surface area (TPSA) is 126 Å². The van der Waals surface area contributed by atoms with Crippen molar-refractivity contribution in [2.24, 2.45) is 0 Å². The number of carbonyl (C=O) groups excluding carboxylic acids is 3. The van der Waals surface area contributed by atoms with E-state index in [-0.39, 0.29) is 36.3 Å². The van der Waals surface area contributed by atoms with Crippen LogP contribution in [0.2, 0.25) is 5.02 Å². The lowest BCUT2D eigenvalue weighted by atomic mass is 9.98. The van der Waals surface area contributed by atoms with Crippen molar-refractivity contribution in [2.75, 3.05) is 30.4 Å². The number of aromatic nitrogens is 2. The van der Waals surface area contributed by atoms with Gasteiger partial charge in [0.2, 0.25) is 17.8 Å². The van der Waals surface area contributed by atoms with Gasteiger partial charge in [-0.15, -0.1) is 0 Å². The first-order valence-corrected chi connectivity index (χ1v) is 14.2. The highest BCUT2D eigenvalue weighted by molar-refractivity contribution is 6.33. The van der Waals surface area contributed by atoms with Crippen LogP contribution in [-0.2, 0) is 27.3 Å². The van der Waals surface area contributed by atoms with Gasteiger partial charge < -0.3 is 25.6 Å². The van der Waals surface area contributed by atoms with E-state index < -0.39 is 0 Å². The van der Waals surface area contributed by atoms with Crippen LogP contribution in [0.15, 0.2) is 42.6 Å². The molecule has 3 N–H and O–H groups in total. The predicted molar refractivity (Wildman–Crippen MR) is 155 cm³/mol. The third-order valence-electron chi connectivity index (χ3n) is 7.80. The van der Waals surface area contributed by atoms with E-state index in [1.165, 1.54) is 0 Å². The van der Waals surface area contributed by atoms with Crippen LogP contribution in [-0.4, -0.2) is 58.4 Å². The smallest absolute Gasteiger partial charge is 0.254 e. The summed E-state index contributed by atoms with van der Waals surface area (Å²) in [5.74, 6) is 0.0502. The fourth-order valence-electron chi connectivity index (χ4n) is 5.52. The highest BCUT2D eigenvalue weighted by Gasteiger charge is 2.30. The lowest BCUT2D eigenvalue weighted by Gasteiger charge is -2.23. The minimum atomic E-state index is -0.249. The van der Waals surface area contributed by atoms with Crippen molar-refractivity contribution >= 4 is 41.0 Å². The molecule has 1 aromatic heterocycles. The van der Waals surface area contributed by atoms with Crippen LogP contribution in [0.5, 0.6) is 0 Å². The van der Waals surface area contributed by atoms with Gasteiger partial charge in [0.25, 0.3) is 5.91 Å². The second kappa shape index (κ2) is 11.5. The summed E-state index contributed by atoms with van der Waals surface area (Å²) in [6, 6.07) is 11.3. The largest absolute Gasteiger partial charge is 0.381 e. The number of nitrogens with one attached hydrogen (secondary N) is 3. The van der Waals surface area contributed by atoms with Crippen molar-refractivity contribution in [3.63, 3.8) is 0 Å². The number of anilines is 2. The first-order chi connectivity index (χ1) is 19.8. The molecule has 3 aliphatic heterocycles. The molecule has 0 saturated carbocycles. The second-order valence-electron chi connectivity index (χ2n) is 10.7. The SMILES string of the molecule is CC(NC(=O)CN1Cc2ccc(-c3nc(NC4CCOCC4)ncc3Cl)cc2C1=O)c1ccc2c(c1)CCC(=O)N2. The molecule has 0 aliphatic carbocycles. The number of amides is 3. The van der Waals surface area contributed by atoms with Gasteiger partial charge in [-0.1, -0.05) is 35.9 Å². The Balaban J connectivity index is 1.11. The van der Waals surface area contributed by atoms with E-state index in [9.17, 15) is 14.4 Å². The molecular weight excluding hydrogens is 544 g/mol. The molecule has 212 valence electrons. The lowest BCUT2D eigenvalue weighted by Crippen LogP contribution is -2.38. The predicted octanol–water partition coefficient (Wildman–Crippen LogP) is 4.11. The van der Waals surface area contributed by atoms with Crippen molar-refractivity contribution < 1.29 is 19.1 Å². The maximum Gasteiger partial charge on any atom is 0.254 e. The summed E-state index contributed by atoms with van der Waals surface area (Å²) in [6.45, 7) is 3.61. The van der Waals surface area contributed by atoms with Gasteiger partial charge in [0.1, 0.15) is 6.54 Å². The summed E-state index contributed by atoms with van der Waals surface area (Å²) in [4.78, 5) is 48.4. The van der Waals surface area contributed by atoms with Gasteiger partial charge in [-0.25, -0.2) is 9.97 Å². The van der Waals surface area contributed by atoms with Crippen LogP contribution >= 0.6 is 11.6 Å². The number of hydrogen-bond acceptors (Lipinski definition) is 7.